The molecule has 0 spiro atoms. The average Bonchev–Trinajstić information content (AvgIpc) is 2.49. The van der Waals surface area contributed by atoms with Crippen LogP contribution in [0, 0.1) is 17.6 Å². The lowest BCUT2D eigenvalue weighted by Crippen LogP contribution is -2.47. The summed E-state index contributed by atoms with van der Waals surface area (Å²) < 4.78 is 26.0. The van der Waals surface area contributed by atoms with E-state index in [0.29, 0.717) is 5.56 Å². The lowest BCUT2D eigenvalue weighted by molar-refractivity contribution is -0.143. The Balaban J connectivity index is 1.98. The summed E-state index contributed by atoms with van der Waals surface area (Å²) in [6.07, 6.45) is 4.41. The third-order valence-corrected chi connectivity index (χ3v) is 4.05. The number of hydrogen-bond acceptors (Lipinski definition) is 2. The van der Waals surface area contributed by atoms with E-state index in [9.17, 15) is 23.5 Å². The standard InChI is InChI=1S/C16H19F2NO3/c17-12-7-6-10(8-13(12)18)9-14(20)19-15(16(21)22)11-4-2-1-3-5-11/h6-8,11,15H,1-5,9H2,(H,19,20)(H,21,22)/t15-/m1/s1. The van der Waals surface area contributed by atoms with Crippen LogP contribution >= 0.6 is 0 Å². The van der Waals surface area contributed by atoms with Gasteiger partial charge in [-0.1, -0.05) is 25.3 Å². The predicted molar refractivity (Wildman–Crippen MR) is 76.2 cm³/mol. The molecule has 0 aliphatic heterocycles. The van der Waals surface area contributed by atoms with Crippen molar-refractivity contribution in [2.24, 2.45) is 5.92 Å². The minimum Gasteiger partial charge on any atom is -0.480 e. The van der Waals surface area contributed by atoms with Gasteiger partial charge in [-0.25, -0.2) is 13.6 Å². The summed E-state index contributed by atoms with van der Waals surface area (Å²) in [4.78, 5) is 23.3. The Morgan fingerprint density at radius 1 is 1.18 bits per heavy atom. The second-order valence-electron chi connectivity index (χ2n) is 5.71. The third-order valence-electron chi connectivity index (χ3n) is 4.05. The average molecular weight is 311 g/mol. The smallest absolute Gasteiger partial charge is 0.326 e. The zero-order chi connectivity index (χ0) is 16.1. The molecule has 0 aromatic heterocycles. The first-order valence-electron chi connectivity index (χ1n) is 7.43. The Bertz CT molecular complexity index is 556. The Morgan fingerprint density at radius 3 is 2.45 bits per heavy atom. The maximum absolute atomic E-state index is 13.1. The highest BCUT2D eigenvalue weighted by atomic mass is 19.2. The van der Waals surface area contributed by atoms with Gasteiger partial charge in [-0.2, -0.15) is 0 Å². The lowest BCUT2D eigenvalue weighted by atomic mass is 9.84. The summed E-state index contributed by atoms with van der Waals surface area (Å²) in [6.45, 7) is 0. The Kier molecular flexibility index (Phi) is 5.46. The molecule has 0 saturated heterocycles. The van der Waals surface area contributed by atoms with E-state index in [2.05, 4.69) is 5.32 Å². The number of nitrogens with one attached hydrogen (secondary N) is 1. The van der Waals surface area contributed by atoms with E-state index >= 15 is 0 Å². The van der Waals surface area contributed by atoms with Gasteiger partial charge in [0, 0.05) is 0 Å². The molecule has 1 amide bonds. The van der Waals surface area contributed by atoms with Crippen molar-refractivity contribution in [3.63, 3.8) is 0 Å². The first-order valence-corrected chi connectivity index (χ1v) is 7.43. The van der Waals surface area contributed by atoms with Crippen molar-refractivity contribution in [2.75, 3.05) is 0 Å². The van der Waals surface area contributed by atoms with Crippen LogP contribution in [0.4, 0.5) is 8.78 Å². The van der Waals surface area contributed by atoms with Crippen LogP contribution in [0.1, 0.15) is 37.7 Å². The highest BCUT2D eigenvalue weighted by Gasteiger charge is 2.30. The second-order valence-corrected chi connectivity index (χ2v) is 5.71. The minimum absolute atomic E-state index is 0.0693. The molecule has 1 aliphatic rings. The molecule has 1 aliphatic carbocycles. The Morgan fingerprint density at radius 2 is 1.86 bits per heavy atom. The van der Waals surface area contributed by atoms with Crippen LogP contribution in [-0.2, 0) is 16.0 Å². The highest BCUT2D eigenvalue weighted by Crippen LogP contribution is 2.26. The molecular formula is C16H19F2NO3. The molecule has 22 heavy (non-hydrogen) atoms. The molecule has 120 valence electrons. The van der Waals surface area contributed by atoms with Crippen LogP contribution in [0.5, 0.6) is 0 Å². The van der Waals surface area contributed by atoms with Gasteiger partial charge in [0.1, 0.15) is 6.04 Å². The normalized spacial score (nSPS) is 17.0. The van der Waals surface area contributed by atoms with Gasteiger partial charge in [0.15, 0.2) is 11.6 Å². The summed E-state index contributed by atoms with van der Waals surface area (Å²) in [5, 5.41) is 11.8. The van der Waals surface area contributed by atoms with E-state index in [1.165, 1.54) is 6.07 Å². The number of carboxylic acids is 1. The number of aliphatic carboxylic acids is 1. The number of benzene rings is 1. The van der Waals surface area contributed by atoms with Crippen molar-refractivity contribution in [3.05, 3.63) is 35.4 Å². The number of halogens is 2. The zero-order valence-electron chi connectivity index (χ0n) is 12.1. The van der Waals surface area contributed by atoms with E-state index in [1.54, 1.807) is 0 Å². The quantitative estimate of drug-likeness (QED) is 0.878. The molecule has 1 atom stereocenters. The Hall–Kier alpha value is -1.98. The number of amides is 1. The maximum atomic E-state index is 13.1. The minimum atomic E-state index is -1.05. The van der Waals surface area contributed by atoms with Crippen molar-refractivity contribution in [3.8, 4) is 0 Å². The summed E-state index contributed by atoms with van der Waals surface area (Å²) >= 11 is 0. The van der Waals surface area contributed by atoms with E-state index < -0.39 is 29.6 Å². The number of carbonyl (C=O) groups excluding carboxylic acids is 1. The molecule has 6 heteroatoms. The van der Waals surface area contributed by atoms with E-state index in [4.69, 9.17) is 0 Å². The summed E-state index contributed by atoms with van der Waals surface area (Å²) in [5.74, 6) is -3.61. The van der Waals surface area contributed by atoms with Crippen LogP contribution < -0.4 is 5.32 Å². The number of carboxylic acid groups (broad SMARTS) is 1. The molecule has 4 nitrogen and oxygen atoms in total. The fourth-order valence-electron chi connectivity index (χ4n) is 2.91. The molecule has 1 fully saturated rings. The monoisotopic (exact) mass is 311 g/mol. The largest absolute Gasteiger partial charge is 0.480 e. The molecule has 2 rings (SSSR count). The Labute approximate surface area is 127 Å². The molecule has 1 aromatic carbocycles. The van der Waals surface area contributed by atoms with Crippen molar-refractivity contribution in [2.45, 2.75) is 44.6 Å². The van der Waals surface area contributed by atoms with Gasteiger partial charge >= 0.3 is 5.97 Å². The molecule has 0 heterocycles. The van der Waals surface area contributed by atoms with Gasteiger partial charge in [0.2, 0.25) is 5.91 Å². The summed E-state index contributed by atoms with van der Waals surface area (Å²) in [5.41, 5.74) is 0.309. The zero-order valence-corrected chi connectivity index (χ0v) is 12.1. The molecular weight excluding hydrogens is 292 g/mol. The van der Waals surface area contributed by atoms with Crippen LogP contribution in [0.3, 0.4) is 0 Å². The lowest BCUT2D eigenvalue weighted by Gasteiger charge is -2.28. The second kappa shape index (κ2) is 7.33. The van der Waals surface area contributed by atoms with Gasteiger partial charge in [-0.3, -0.25) is 4.79 Å². The number of rotatable bonds is 5. The number of hydrogen-bond donors (Lipinski definition) is 2. The first kappa shape index (κ1) is 16.4. The van der Waals surface area contributed by atoms with Crippen molar-refractivity contribution in [1.29, 1.82) is 0 Å². The van der Waals surface area contributed by atoms with Gasteiger partial charge < -0.3 is 10.4 Å². The molecule has 0 bridgehead atoms. The van der Waals surface area contributed by atoms with Crippen molar-refractivity contribution >= 4 is 11.9 Å². The molecule has 2 N–H and O–H groups in total. The van der Waals surface area contributed by atoms with E-state index in [0.717, 1.165) is 44.2 Å². The van der Waals surface area contributed by atoms with Gasteiger partial charge in [0.25, 0.3) is 0 Å². The number of carbonyl (C=O) groups is 2. The topological polar surface area (TPSA) is 66.4 Å². The van der Waals surface area contributed by atoms with E-state index in [-0.39, 0.29) is 12.3 Å². The van der Waals surface area contributed by atoms with Crippen LogP contribution in [0.15, 0.2) is 18.2 Å². The summed E-state index contributed by atoms with van der Waals surface area (Å²) in [6, 6.07) is 2.30. The maximum Gasteiger partial charge on any atom is 0.326 e. The molecule has 0 unspecified atom stereocenters. The molecule has 0 radical (unpaired) electrons. The van der Waals surface area contributed by atoms with Crippen LogP contribution in [0.25, 0.3) is 0 Å². The predicted octanol–water partition coefficient (Wildman–Crippen LogP) is 2.66. The molecule has 1 aromatic rings. The highest BCUT2D eigenvalue weighted by molar-refractivity contribution is 5.85. The van der Waals surface area contributed by atoms with E-state index in [1.807, 2.05) is 0 Å². The van der Waals surface area contributed by atoms with Gasteiger partial charge in [-0.15, -0.1) is 0 Å². The SMILES string of the molecule is O=C(Cc1ccc(F)c(F)c1)N[C@@H](C(=O)O)C1CCCCC1. The van der Waals surface area contributed by atoms with Crippen molar-refractivity contribution < 1.29 is 23.5 Å². The van der Waals surface area contributed by atoms with Gasteiger partial charge in [-0.05, 0) is 36.5 Å². The van der Waals surface area contributed by atoms with Crippen LogP contribution in [-0.4, -0.2) is 23.0 Å². The summed E-state index contributed by atoms with van der Waals surface area (Å²) in [7, 11) is 0. The fraction of sp³-hybridized carbons (Fsp3) is 0.500. The fourth-order valence-corrected chi connectivity index (χ4v) is 2.91. The van der Waals surface area contributed by atoms with Crippen LogP contribution in [0.2, 0.25) is 0 Å². The van der Waals surface area contributed by atoms with Crippen molar-refractivity contribution in [1.82, 2.24) is 5.32 Å². The van der Waals surface area contributed by atoms with Gasteiger partial charge in [0.05, 0.1) is 6.42 Å². The first-order chi connectivity index (χ1) is 10.5. The third kappa shape index (κ3) is 4.26. The molecule has 1 saturated carbocycles.